The fourth-order valence-electron chi connectivity index (χ4n) is 4.10. The minimum absolute atomic E-state index is 0.0234. The number of carbonyl (C=O) groups is 3. The predicted molar refractivity (Wildman–Crippen MR) is 129 cm³/mol. The van der Waals surface area contributed by atoms with E-state index >= 15 is 0 Å². The van der Waals surface area contributed by atoms with Gasteiger partial charge in [0, 0.05) is 36.8 Å². The Labute approximate surface area is 210 Å². The van der Waals surface area contributed by atoms with Crippen molar-refractivity contribution in [2.24, 2.45) is 0 Å². The minimum atomic E-state index is -4.32. The lowest BCUT2D eigenvalue weighted by Gasteiger charge is -2.17. The molecular weight excluding hydrogens is 508 g/mol. The van der Waals surface area contributed by atoms with E-state index in [1.54, 1.807) is 12.1 Å². The Morgan fingerprint density at radius 3 is 2.65 bits per heavy atom. The first-order valence-corrected chi connectivity index (χ1v) is 12.9. The highest BCUT2D eigenvalue weighted by atomic mass is 31.2. The number of nitrogens with zero attached hydrogens (tertiary/aromatic N) is 2. The number of aromatic hydroxyl groups is 1. The van der Waals surface area contributed by atoms with E-state index in [1.807, 2.05) is 0 Å². The zero-order chi connectivity index (χ0) is 26.9. The quantitative estimate of drug-likeness (QED) is 0.304. The van der Waals surface area contributed by atoms with Crippen molar-refractivity contribution in [3.63, 3.8) is 0 Å². The second-order valence-corrected chi connectivity index (χ2v) is 10.4. The number of pyridine rings is 1. The molecule has 1 unspecified atom stereocenters. The number of phenols is 1. The van der Waals surface area contributed by atoms with Gasteiger partial charge in [0.2, 0.25) is 0 Å². The maximum Gasteiger partial charge on any atom is 0.333 e. The number of aliphatic carboxylic acids is 1. The fraction of sp³-hybridized carbons (Fsp3) is 0.250. The molecule has 0 spiro atoms. The molecule has 0 saturated heterocycles. The van der Waals surface area contributed by atoms with Crippen LogP contribution in [0.3, 0.4) is 0 Å². The van der Waals surface area contributed by atoms with Crippen molar-refractivity contribution in [1.29, 1.82) is 0 Å². The van der Waals surface area contributed by atoms with Crippen molar-refractivity contribution in [2.75, 3.05) is 12.7 Å². The molecule has 1 aromatic heterocycles. The Hall–Kier alpha value is -3.86. The fourth-order valence-corrected chi connectivity index (χ4v) is 5.18. The van der Waals surface area contributed by atoms with E-state index in [9.17, 15) is 33.3 Å². The first kappa shape index (κ1) is 26.2. The summed E-state index contributed by atoms with van der Waals surface area (Å²) in [7, 11) is -4.32. The molecule has 4 rings (SSSR count). The van der Waals surface area contributed by atoms with Crippen LogP contribution in [0.1, 0.15) is 38.8 Å². The van der Waals surface area contributed by atoms with E-state index in [0.29, 0.717) is 5.56 Å². The number of halogens is 1. The molecule has 2 amide bonds. The van der Waals surface area contributed by atoms with Gasteiger partial charge in [-0.05, 0) is 30.7 Å². The first-order chi connectivity index (χ1) is 17.5. The Morgan fingerprint density at radius 2 is 1.97 bits per heavy atom. The number of benzene rings is 2. The van der Waals surface area contributed by atoms with Crippen LogP contribution in [0.2, 0.25) is 0 Å². The van der Waals surface area contributed by atoms with Crippen LogP contribution >= 0.6 is 7.60 Å². The van der Waals surface area contributed by atoms with Crippen molar-refractivity contribution in [1.82, 2.24) is 15.2 Å². The summed E-state index contributed by atoms with van der Waals surface area (Å²) in [4.78, 5) is 52.8. The third-order valence-electron chi connectivity index (χ3n) is 5.86. The van der Waals surface area contributed by atoms with E-state index in [4.69, 9.17) is 5.11 Å². The standard InChI is InChI=1S/C24H23FN3O8P/c1-13(24(32)33)36-37(34,35)10-9-27-22(30)18-16-3-2-8-26-20(16)21(29)19-17(18)12-28(23(19)31)11-14-4-6-15(25)7-5-14/h2-8,13,29H,9-12H2,1H3,(H,27,30)(H,32,33)(H,34,35)/t13-/m0/s1. The summed E-state index contributed by atoms with van der Waals surface area (Å²) in [5.41, 5.74) is 0.925. The summed E-state index contributed by atoms with van der Waals surface area (Å²) in [5, 5.41) is 22.5. The summed E-state index contributed by atoms with van der Waals surface area (Å²) in [6.45, 7) is 0.857. The Kier molecular flexibility index (Phi) is 7.26. The zero-order valence-electron chi connectivity index (χ0n) is 19.5. The third-order valence-corrected chi connectivity index (χ3v) is 7.29. The molecular formula is C24H23FN3O8P. The van der Waals surface area contributed by atoms with Gasteiger partial charge in [0.25, 0.3) is 11.8 Å². The van der Waals surface area contributed by atoms with Crippen molar-refractivity contribution in [3.8, 4) is 5.75 Å². The van der Waals surface area contributed by atoms with Crippen LogP contribution in [0, 0.1) is 5.82 Å². The monoisotopic (exact) mass is 531 g/mol. The lowest BCUT2D eigenvalue weighted by Crippen LogP contribution is -2.29. The number of amides is 2. The topological polar surface area (TPSA) is 166 Å². The van der Waals surface area contributed by atoms with Crippen molar-refractivity contribution in [3.05, 3.63) is 70.7 Å². The zero-order valence-corrected chi connectivity index (χ0v) is 20.4. The molecule has 194 valence electrons. The van der Waals surface area contributed by atoms with Gasteiger partial charge in [-0.3, -0.25) is 23.7 Å². The van der Waals surface area contributed by atoms with Gasteiger partial charge in [0.15, 0.2) is 11.9 Å². The van der Waals surface area contributed by atoms with E-state index < -0.39 is 43.5 Å². The van der Waals surface area contributed by atoms with E-state index in [1.165, 1.54) is 35.4 Å². The van der Waals surface area contributed by atoms with Gasteiger partial charge in [0.1, 0.15) is 11.3 Å². The normalized spacial score (nSPS) is 15.3. The van der Waals surface area contributed by atoms with Crippen LogP contribution in [0.15, 0.2) is 42.6 Å². The SMILES string of the molecule is C[C@H](OP(=O)(O)CCNC(=O)c1c2c(c(O)c3ncccc13)C(=O)N(Cc1ccc(F)cc1)C2)C(=O)O. The molecule has 2 aromatic carbocycles. The second-order valence-electron chi connectivity index (χ2n) is 8.47. The molecule has 2 atom stereocenters. The van der Waals surface area contributed by atoms with Crippen LogP contribution < -0.4 is 5.32 Å². The number of nitrogens with one attached hydrogen (secondary N) is 1. The van der Waals surface area contributed by atoms with Crippen LogP contribution in [0.25, 0.3) is 10.9 Å². The Bertz CT molecular complexity index is 1450. The summed E-state index contributed by atoms with van der Waals surface area (Å²) in [6, 6.07) is 8.69. The first-order valence-electron chi connectivity index (χ1n) is 11.2. The molecule has 13 heteroatoms. The molecule has 3 aromatic rings. The summed E-state index contributed by atoms with van der Waals surface area (Å²) >= 11 is 0. The van der Waals surface area contributed by atoms with Crippen LogP contribution in [0.5, 0.6) is 5.75 Å². The van der Waals surface area contributed by atoms with Crippen molar-refractivity contribution >= 4 is 36.3 Å². The van der Waals surface area contributed by atoms with Crippen LogP contribution in [0.4, 0.5) is 4.39 Å². The minimum Gasteiger partial charge on any atom is -0.505 e. The van der Waals surface area contributed by atoms with Gasteiger partial charge in [-0.1, -0.05) is 18.2 Å². The molecule has 0 aliphatic carbocycles. The number of carboxylic acid groups (broad SMARTS) is 1. The Morgan fingerprint density at radius 1 is 1.27 bits per heavy atom. The predicted octanol–water partition coefficient (Wildman–Crippen LogP) is 2.64. The number of carbonyl (C=O) groups excluding carboxylic acids is 2. The maximum atomic E-state index is 13.3. The average Bonchev–Trinajstić information content (AvgIpc) is 3.16. The highest BCUT2D eigenvalue weighted by Crippen LogP contribution is 2.43. The molecule has 0 fully saturated rings. The molecule has 4 N–H and O–H groups in total. The summed E-state index contributed by atoms with van der Waals surface area (Å²) in [5.74, 6) is -3.42. The molecule has 37 heavy (non-hydrogen) atoms. The van der Waals surface area contributed by atoms with Crippen LogP contribution in [-0.4, -0.2) is 61.6 Å². The average molecular weight is 531 g/mol. The van der Waals surface area contributed by atoms with Crippen molar-refractivity contribution in [2.45, 2.75) is 26.1 Å². The van der Waals surface area contributed by atoms with Gasteiger partial charge >= 0.3 is 13.6 Å². The molecule has 0 bridgehead atoms. The van der Waals surface area contributed by atoms with E-state index in [-0.39, 0.29) is 53.0 Å². The smallest absolute Gasteiger partial charge is 0.333 e. The summed E-state index contributed by atoms with van der Waals surface area (Å²) < 4.78 is 30.1. The molecule has 2 heterocycles. The van der Waals surface area contributed by atoms with E-state index in [2.05, 4.69) is 14.8 Å². The lowest BCUT2D eigenvalue weighted by molar-refractivity contribution is -0.144. The maximum absolute atomic E-state index is 13.3. The number of rotatable bonds is 9. The number of carboxylic acids is 1. The third kappa shape index (κ3) is 5.46. The summed E-state index contributed by atoms with van der Waals surface area (Å²) in [6.07, 6.45) is -0.669. The van der Waals surface area contributed by atoms with Gasteiger partial charge in [-0.25, -0.2) is 9.18 Å². The van der Waals surface area contributed by atoms with Gasteiger partial charge < -0.3 is 25.3 Å². The highest BCUT2D eigenvalue weighted by Gasteiger charge is 2.36. The van der Waals surface area contributed by atoms with Crippen LogP contribution in [-0.2, 0) is 27.0 Å². The second kappa shape index (κ2) is 10.3. The van der Waals surface area contributed by atoms with Gasteiger partial charge in [0.05, 0.1) is 17.3 Å². The molecule has 1 aliphatic heterocycles. The number of hydrogen-bond acceptors (Lipinski definition) is 7. The van der Waals surface area contributed by atoms with Crippen molar-refractivity contribution < 1.29 is 43.0 Å². The molecule has 0 saturated carbocycles. The number of fused-ring (bicyclic) bond motifs is 2. The largest absolute Gasteiger partial charge is 0.505 e. The van der Waals surface area contributed by atoms with E-state index in [0.717, 1.165) is 6.92 Å². The highest BCUT2D eigenvalue weighted by molar-refractivity contribution is 7.52. The lowest BCUT2D eigenvalue weighted by atomic mass is 9.96. The number of phenolic OH excluding ortho intramolecular Hbond substituents is 1. The molecule has 11 nitrogen and oxygen atoms in total. The molecule has 1 aliphatic rings. The number of aromatic nitrogens is 1. The number of hydrogen-bond donors (Lipinski definition) is 4. The van der Waals surface area contributed by atoms with Gasteiger partial charge in [-0.2, -0.15) is 0 Å². The molecule has 0 radical (unpaired) electrons. The van der Waals surface area contributed by atoms with Gasteiger partial charge in [-0.15, -0.1) is 0 Å². The Balaban J connectivity index is 1.61.